The lowest BCUT2D eigenvalue weighted by atomic mass is 10.2. The second kappa shape index (κ2) is 8.79. The molecule has 0 atom stereocenters. The first-order valence-corrected chi connectivity index (χ1v) is 9.44. The van der Waals surface area contributed by atoms with Gasteiger partial charge in [-0.3, -0.25) is 9.48 Å². The van der Waals surface area contributed by atoms with Gasteiger partial charge in [-0.15, -0.1) is 0 Å². The zero-order chi connectivity index (χ0) is 20.9. The highest BCUT2D eigenvalue weighted by atomic mass is 35.5. The van der Waals surface area contributed by atoms with Gasteiger partial charge in [0, 0.05) is 18.0 Å². The van der Waals surface area contributed by atoms with Crippen molar-refractivity contribution < 1.29 is 13.9 Å². The summed E-state index contributed by atoms with van der Waals surface area (Å²) in [5.41, 5.74) is 1.30. The van der Waals surface area contributed by atoms with Crippen molar-refractivity contribution in [2.75, 3.05) is 5.32 Å². The van der Waals surface area contributed by atoms with E-state index in [4.69, 9.17) is 16.3 Å². The number of anilines is 1. The second-order valence-electron chi connectivity index (χ2n) is 6.39. The van der Waals surface area contributed by atoms with Gasteiger partial charge >= 0.3 is 0 Å². The highest BCUT2D eigenvalue weighted by molar-refractivity contribution is 6.32. The Labute approximate surface area is 176 Å². The minimum Gasteiger partial charge on any atom is -0.470 e. The lowest BCUT2D eigenvalue weighted by Crippen LogP contribution is -2.19. The number of benzene rings is 2. The fourth-order valence-corrected chi connectivity index (χ4v) is 3.02. The number of nitrogens with one attached hydrogen (secondary N) is 1. The van der Waals surface area contributed by atoms with Crippen LogP contribution in [0.2, 0.25) is 5.02 Å². The second-order valence-corrected chi connectivity index (χ2v) is 6.80. The highest BCUT2D eigenvalue weighted by Gasteiger charge is 2.14. The molecule has 0 aliphatic carbocycles. The molecule has 0 aliphatic rings. The van der Waals surface area contributed by atoms with Crippen molar-refractivity contribution in [1.29, 1.82) is 0 Å². The average molecular weight is 426 g/mol. The van der Waals surface area contributed by atoms with Gasteiger partial charge in [0.15, 0.2) is 6.73 Å². The first-order valence-electron chi connectivity index (χ1n) is 9.06. The molecule has 0 fully saturated rings. The van der Waals surface area contributed by atoms with E-state index >= 15 is 0 Å². The van der Waals surface area contributed by atoms with Gasteiger partial charge in [0.2, 0.25) is 0 Å². The van der Waals surface area contributed by atoms with E-state index in [9.17, 15) is 9.18 Å². The maximum Gasteiger partial charge on any atom is 0.274 e. The molecule has 0 saturated carbocycles. The van der Waals surface area contributed by atoms with Crippen LogP contribution in [0, 0.1) is 5.82 Å². The largest absolute Gasteiger partial charge is 0.470 e. The maximum absolute atomic E-state index is 13.8. The predicted octanol–water partition coefficient (Wildman–Crippen LogP) is 4.21. The topological polar surface area (TPSA) is 74.0 Å². The normalized spacial score (nSPS) is 10.7. The first-order chi connectivity index (χ1) is 14.6. The fraction of sp³-hybridized carbons (Fsp3) is 0.0952. The summed E-state index contributed by atoms with van der Waals surface area (Å²) in [4.78, 5) is 12.6. The van der Waals surface area contributed by atoms with Crippen LogP contribution in [0.3, 0.4) is 0 Å². The molecular formula is C21H17ClFN5O2. The van der Waals surface area contributed by atoms with Crippen LogP contribution in [0.1, 0.15) is 16.1 Å². The van der Waals surface area contributed by atoms with Crippen LogP contribution in [-0.2, 0) is 13.3 Å². The Morgan fingerprint density at radius 3 is 2.73 bits per heavy atom. The van der Waals surface area contributed by atoms with E-state index in [0.29, 0.717) is 27.7 Å². The molecule has 4 rings (SSSR count). The molecule has 0 saturated heterocycles. The summed E-state index contributed by atoms with van der Waals surface area (Å²) in [5.74, 6) is -0.183. The molecular weight excluding hydrogens is 409 g/mol. The molecule has 1 N–H and O–H groups in total. The number of rotatable bonds is 7. The number of hydrogen-bond donors (Lipinski definition) is 1. The summed E-state index contributed by atoms with van der Waals surface area (Å²) in [7, 11) is 0. The number of ether oxygens (including phenoxy) is 1. The monoisotopic (exact) mass is 425 g/mol. The fourth-order valence-electron chi connectivity index (χ4n) is 2.83. The lowest BCUT2D eigenvalue weighted by Gasteiger charge is -2.10. The first kappa shape index (κ1) is 19.7. The number of nitrogens with zero attached hydrogens (tertiary/aromatic N) is 4. The van der Waals surface area contributed by atoms with Gasteiger partial charge in [-0.05, 0) is 24.3 Å². The number of para-hydroxylation sites is 1. The predicted molar refractivity (Wildman–Crippen MR) is 110 cm³/mol. The Bertz CT molecular complexity index is 1170. The minimum atomic E-state index is -0.374. The standard InChI is InChI=1S/C21H17ClFN5O2/c22-17-6-2-4-8-20(17)30-14-28-19(9-10-24-28)21(29)26-16-11-25-27(13-16)12-15-5-1-3-7-18(15)23/h1-11,13H,12,14H2,(H,26,29). The van der Waals surface area contributed by atoms with Crippen LogP contribution < -0.4 is 10.1 Å². The molecule has 0 aliphatic heterocycles. The number of aromatic nitrogens is 4. The van der Waals surface area contributed by atoms with Crippen molar-refractivity contribution in [1.82, 2.24) is 19.6 Å². The van der Waals surface area contributed by atoms with Crippen LogP contribution in [0.5, 0.6) is 5.75 Å². The molecule has 152 valence electrons. The summed E-state index contributed by atoms with van der Waals surface area (Å²) in [5, 5.41) is 11.5. The number of carbonyl (C=O) groups excluding carboxylic acids is 1. The zero-order valence-electron chi connectivity index (χ0n) is 15.7. The summed E-state index contributed by atoms with van der Waals surface area (Å²) in [6.45, 7) is 0.276. The van der Waals surface area contributed by atoms with Crippen LogP contribution in [0.25, 0.3) is 0 Å². The molecule has 0 radical (unpaired) electrons. The summed E-state index contributed by atoms with van der Waals surface area (Å²) in [6, 6.07) is 15.1. The van der Waals surface area contributed by atoms with Crippen molar-refractivity contribution >= 4 is 23.2 Å². The number of halogens is 2. The molecule has 0 unspecified atom stereocenters. The molecule has 4 aromatic rings. The smallest absolute Gasteiger partial charge is 0.274 e. The molecule has 0 bridgehead atoms. The van der Waals surface area contributed by atoms with Gasteiger partial charge in [-0.2, -0.15) is 10.2 Å². The minimum absolute atomic E-state index is 0.0199. The van der Waals surface area contributed by atoms with E-state index in [-0.39, 0.29) is 25.0 Å². The van der Waals surface area contributed by atoms with Crippen LogP contribution in [0.15, 0.2) is 73.2 Å². The van der Waals surface area contributed by atoms with Crippen LogP contribution in [0.4, 0.5) is 10.1 Å². The Morgan fingerprint density at radius 2 is 1.90 bits per heavy atom. The van der Waals surface area contributed by atoms with Gasteiger partial charge in [0.1, 0.15) is 17.3 Å². The lowest BCUT2D eigenvalue weighted by molar-refractivity contribution is 0.100. The third-order valence-corrected chi connectivity index (χ3v) is 4.62. The molecule has 2 aromatic heterocycles. The number of amides is 1. The maximum atomic E-state index is 13.8. The molecule has 2 aromatic carbocycles. The van der Waals surface area contributed by atoms with E-state index in [0.717, 1.165) is 0 Å². The van der Waals surface area contributed by atoms with Crippen LogP contribution in [-0.4, -0.2) is 25.5 Å². The van der Waals surface area contributed by atoms with E-state index in [1.807, 2.05) is 0 Å². The van der Waals surface area contributed by atoms with Gasteiger partial charge in [0.05, 0.1) is 23.5 Å². The molecule has 2 heterocycles. The van der Waals surface area contributed by atoms with E-state index in [1.165, 1.54) is 23.1 Å². The van der Waals surface area contributed by atoms with Crippen molar-refractivity contribution in [3.63, 3.8) is 0 Å². The van der Waals surface area contributed by atoms with Gasteiger partial charge in [-0.25, -0.2) is 9.07 Å². The highest BCUT2D eigenvalue weighted by Crippen LogP contribution is 2.23. The Morgan fingerprint density at radius 1 is 1.10 bits per heavy atom. The van der Waals surface area contributed by atoms with Crippen molar-refractivity contribution in [2.45, 2.75) is 13.3 Å². The summed E-state index contributed by atoms with van der Waals surface area (Å²) >= 11 is 6.08. The summed E-state index contributed by atoms with van der Waals surface area (Å²) in [6.07, 6.45) is 4.64. The van der Waals surface area contributed by atoms with E-state index in [1.54, 1.807) is 59.4 Å². The quantitative estimate of drug-likeness (QED) is 0.481. The number of carbonyl (C=O) groups is 1. The van der Waals surface area contributed by atoms with Crippen molar-refractivity contribution in [3.05, 3.63) is 95.3 Å². The van der Waals surface area contributed by atoms with Gasteiger partial charge in [-0.1, -0.05) is 41.9 Å². The molecule has 7 nitrogen and oxygen atoms in total. The van der Waals surface area contributed by atoms with Crippen LogP contribution >= 0.6 is 11.6 Å². The SMILES string of the molecule is O=C(Nc1cnn(Cc2ccccc2F)c1)c1ccnn1COc1ccccc1Cl. The molecule has 1 amide bonds. The third-order valence-electron chi connectivity index (χ3n) is 4.31. The number of hydrogen-bond acceptors (Lipinski definition) is 4. The van der Waals surface area contributed by atoms with Gasteiger partial charge in [0.25, 0.3) is 5.91 Å². The Hall–Kier alpha value is -3.65. The Kier molecular flexibility index (Phi) is 5.76. The molecule has 0 spiro atoms. The molecule has 30 heavy (non-hydrogen) atoms. The molecule has 9 heteroatoms. The summed E-state index contributed by atoms with van der Waals surface area (Å²) < 4.78 is 22.4. The average Bonchev–Trinajstić information content (AvgIpc) is 3.38. The zero-order valence-corrected chi connectivity index (χ0v) is 16.5. The third kappa shape index (κ3) is 4.49. The van der Waals surface area contributed by atoms with Crippen molar-refractivity contribution in [2.24, 2.45) is 0 Å². The van der Waals surface area contributed by atoms with E-state index in [2.05, 4.69) is 15.5 Å². The van der Waals surface area contributed by atoms with E-state index < -0.39 is 0 Å². The van der Waals surface area contributed by atoms with Crippen molar-refractivity contribution in [3.8, 4) is 5.75 Å². The Balaban J connectivity index is 1.40. The van der Waals surface area contributed by atoms with Gasteiger partial charge < -0.3 is 10.1 Å².